The van der Waals surface area contributed by atoms with E-state index in [-0.39, 0.29) is 30.0 Å². The first-order valence-electron chi connectivity index (χ1n) is 13.1. The van der Waals surface area contributed by atoms with Gasteiger partial charge < -0.3 is 19.9 Å². The van der Waals surface area contributed by atoms with E-state index in [0.717, 1.165) is 27.8 Å². The molecule has 0 atom stereocenters. The van der Waals surface area contributed by atoms with Crippen LogP contribution in [-0.4, -0.2) is 43.3 Å². The van der Waals surface area contributed by atoms with Crippen molar-refractivity contribution >= 4 is 69.3 Å². The molecule has 10 heteroatoms. The molecule has 0 radical (unpaired) electrons. The van der Waals surface area contributed by atoms with Crippen LogP contribution in [0.15, 0.2) is 72.8 Å². The van der Waals surface area contributed by atoms with E-state index in [1.54, 1.807) is 56.6 Å². The number of nitrogens with zero attached hydrogens (tertiary/aromatic N) is 3. The number of ether oxygens (including phenoxy) is 1. The van der Waals surface area contributed by atoms with E-state index in [9.17, 15) is 14.4 Å². The standard InChI is InChI=1S/C32H30Cl2N4O4/c1-20-8-12-23-6-5-7-28(32(23)36-20)42-19-25-26(33)15-16-27(31(25)34)38(4)30(41)18-35-29(40)17-11-22-9-13-24(14-10-22)37(3)21(2)39/h5-17H,18-19H2,1-4H3,(H,35,40). The number of likely N-dealkylation sites (N-methyl/N-ethyl adjacent to an activating group) is 1. The summed E-state index contributed by atoms with van der Waals surface area (Å²) in [7, 11) is 3.26. The molecule has 8 nitrogen and oxygen atoms in total. The minimum atomic E-state index is -0.433. The van der Waals surface area contributed by atoms with E-state index < -0.39 is 5.91 Å². The van der Waals surface area contributed by atoms with Crippen molar-refractivity contribution in [2.24, 2.45) is 0 Å². The van der Waals surface area contributed by atoms with Gasteiger partial charge in [-0.1, -0.05) is 53.5 Å². The van der Waals surface area contributed by atoms with E-state index >= 15 is 0 Å². The Morgan fingerprint density at radius 3 is 2.40 bits per heavy atom. The number of carbonyl (C=O) groups is 3. The van der Waals surface area contributed by atoms with Crippen molar-refractivity contribution in [2.75, 3.05) is 30.4 Å². The van der Waals surface area contributed by atoms with Crippen LogP contribution < -0.4 is 19.9 Å². The molecular weight excluding hydrogens is 575 g/mol. The van der Waals surface area contributed by atoms with Gasteiger partial charge in [-0.05, 0) is 55.0 Å². The van der Waals surface area contributed by atoms with Crippen molar-refractivity contribution < 1.29 is 19.1 Å². The van der Waals surface area contributed by atoms with E-state index in [4.69, 9.17) is 27.9 Å². The lowest BCUT2D eigenvalue weighted by atomic mass is 10.1. The first-order chi connectivity index (χ1) is 20.0. The smallest absolute Gasteiger partial charge is 0.246 e. The highest BCUT2D eigenvalue weighted by Gasteiger charge is 2.19. The number of rotatable bonds is 9. The van der Waals surface area contributed by atoms with E-state index in [2.05, 4.69) is 10.3 Å². The summed E-state index contributed by atoms with van der Waals surface area (Å²) in [6.45, 7) is 3.22. The molecule has 4 rings (SSSR count). The summed E-state index contributed by atoms with van der Waals surface area (Å²) in [5, 5.41) is 4.20. The molecule has 0 aliphatic heterocycles. The molecule has 0 saturated heterocycles. The van der Waals surface area contributed by atoms with Gasteiger partial charge in [0.05, 0.1) is 17.3 Å². The van der Waals surface area contributed by atoms with Gasteiger partial charge >= 0.3 is 0 Å². The molecule has 0 saturated carbocycles. The molecule has 42 heavy (non-hydrogen) atoms. The average molecular weight is 606 g/mol. The topological polar surface area (TPSA) is 91.8 Å². The Hall–Kier alpha value is -4.40. The Morgan fingerprint density at radius 1 is 0.952 bits per heavy atom. The second-order valence-corrected chi connectivity index (χ2v) is 10.4. The zero-order valence-corrected chi connectivity index (χ0v) is 25.2. The largest absolute Gasteiger partial charge is 0.487 e. The number of benzene rings is 3. The molecule has 4 aromatic rings. The number of para-hydroxylation sites is 1. The van der Waals surface area contributed by atoms with Gasteiger partial charge in [-0.25, -0.2) is 4.98 Å². The highest BCUT2D eigenvalue weighted by Crippen LogP contribution is 2.35. The van der Waals surface area contributed by atoms with Crippen LogP contribution in [0.5, 0.6) is 5.75 Å². The summed E-state index contributed by atoms with van der Waals surface area (Å²) in [6.07, 6.45) is 2.96. The summed E-state index contributed by atoms with van der Waals surface area (Å²) < 4.78 is 6.07. The number of nitrogens with one attached hydrogen (secondary N) is 1. The van der Waals surface area contributed by atoms with E-state index in [1.807, 2.05) is 37.3 Å². The number of fused-ring (bicyclic) bond motifs is 1. The van der Waals surface area contributed by atoms with E-state index in [0.29, 0.717) is 22.0 Å². The Kier molecular flexibility index (Phi) is 9.83. The van der Waals surface area contributed by atoms with Gasteiger partial charge in [0.2, 0.25) is 17.7 Å². The molecule has 216 valence electrons. The number of hydrogen-bond acceptors (Lipinski definition) is 5. The third kappa shape index (κ3) is 7.26. The van der Waals surface area contributed by atoms with Crippen LogP contribution in [0, 0.1) is 6.92 Å². The lowest BCUT2D eigenvalue weighted by molar-refractivity contribution is -0.122. The normalized spacial score (nSPS) is 11.0. The minimum Gasteiger partial charge on any atom is -0.487 e. The predicted molar refractivity (Wildman–Crippen MR) is 168 cm³/mol. The number of aryl methyl sites for hydroxylation is 1. The molecule has 0 bridgehead atoms. The van der Waals surface area contributed by atoms with Crippen molar-refractivity contribution in [2.45, 2.75) is 20.5 Å². The predicted octanol–water partition coefficient (Wildman–Crippen LogP) is 6.20. The lowest BCUT2D eigenvalue weighted by Crippen LogP contribution is -2.37. The number of carbonyl (C=O) groups excluding carboxylic acids is 3. The Morgan fingerprint density at radius 2 is 1.69 bits per heavy atom. The molecule has 1 aromatic heterocycles. The molecular formula is C32H30Cl2N4O4. The van der Waals surface area contributed by atoms with Gasteiger partial charge in [0.15, 0.2) is 0 Å². The molecule has 1 N–H and O–H groups in total. The molecule has 3 aromatic carbocycles. The van der Waals surface area contributed by atoms with Crippen molar-refractivity contribution in [3.05, 3.63) is 99.7 Å². The van der Waals surface area contributed by atoms with Crippen LogP contribution in [0.3, 0.4) is 0 Å². The molecule has 0 aliphatic carbocycles. The van der Waals surface area contributed by atoms with Gasteiger partial charge in [0, 0.05) is 54.4 Å². The van der Waals surface area contributed by atoms with Crippen molar-refractivity contribution in [3.8, 4) is 5.75 Å². The van der Waals surface area contributed by atoms with Crippen LogP contribution >= 0.6 is 23.2 Å². The van der Waals surface area contributed by atoms with Crippen LogP contribution in [0.4, 0.5) is 11.4 Å². The number of amides is 3. The third-order valence-corrected chi connectivity index (χ3v) is 7.47. The van der Waals surface area contributed by atoms with Gasteiger partial charge in [-0.2, -0.15) is 0 Å². The molecule has 0 spiro atoms. The average Bonchev–Trinajstić information content (AvgIpc) is 2.98. The molecule has 0 fully saturated rings. The summed E-state index contributed by atoms with van der Waals surface area (Å²) in [6, 6.07) is 20.0. The fourth-order valence-corrected chi connectivity index (χ4v) is 4.70. The van der Waals surface area contributed by atoms with Gasteiger partial charge in [0.1, 0.15) is 17.9 Å². The summed E-state index contributed by atoms with van der Waals surface area (Å²) in [4.78, 5) is 44.2. The summed E-state index contributed by atoms with van der Waals surface area (Å²) in [5.74, 6) is -0.298. The van der Waals surface area contributed by atoms with Crippen molar-refractivity contribution in [3.63, 3.8) is 0 Å². The SMILES string of the molecule is CC(=O)N(C)c1ccc(C=CC(=O)NCC(=O)N(C)c2ccc(Cl)c(COc3cccc4ccc(C)nc34)c2Cl)cc1. The van der Waals surface area contributed by atoms with Crippen molar-refractivity contribution in [1.29, 1.82) is 0 Å². The fraction of sp³-hybridized carbons (Fsp3) is 0.188. The highest BCUT2D eigenvalue weighted by atomic mass is 35.5. The van der Waals surface area contributed by atoms with Crippen molar-refractivity contribution in [1.82, 2.24) is 10.3 Å². The number of pyridine rings is 1. The highest BCUT2D eigenvalue weighted by molar-refractivity contribution is 6.38. The van der Waals surface area contributed by atoms with Gasteiger partial charge in [0.25, 0.3) is 0 Å². The Balaban J connectivity index is 1.38. The van der Waals surface area contributed by atoms with E-state index in [1.165, 1.54) is 22.8 Å². The first kappa shape index (κ1) is 30.6. The zero-order chi connectivity index (χ0) is 30.4. The maximum absolute atomic E-state index is 12.9. The molecule has 3 amide bonds. The molecule has 1 heterocycles. The quantitative estimate of drug-likeness (QED) is 0.229. The van der Waals surface area contributed by atoms with Crippen LogP contribution in [0.1, 0.15) is 23.7 Å². The van der Waals surface area contributed by atoms with Crippen LogP contribution in [0.25, 0.3) is 17.0 Å². The summed E-state index contributed by atoms with van der Waals surface area (Å²) >= 11 is 13.2. The summed E-state index contributed by atoms with van der Waals surface area (Å²) in [5.41, 5.74) is 4.06. The Bertz CT molecular complexity index is 1670. The number of anilines is 2. The Labute approximate surface area is 254 Å². The second kappa shape index (κ2) is 13.5. The minimum absolute atomic E-state index is 0.0653. The number of aromatic nitrogens is 1. The lowest BCUT2D eigenvalue weighted by Gasteiger charge is -2.21. The monoisotopic (exact) mass is 604 g/mol. The molecule has 0 unspecified atom stereocenters. The first-order valence-corrected chi connectivity index (χ1v) is 13.8. The third-order valence-electron chi connectivity index (χ3n) is 6.69. The second-order valence-electron chi connectivity index (χ2n) is 9.60. The maximum atomic E-state index is 12.9. The maximum Gasteiger partial charge on any atom is 0.246 e. The van der Waals surface area contributed by atoms with Crippen LogP contribution in [-0.2, 0) is 21.0 Å². The molecule has 0 aliphatic rings. The fourth-order valence-electron chi connectivity index (χ4n) is 4.10. The zero-order valence-electron chi connectivity index (χ0n) is 23.7. The van der Waals surface area contributed by atoms with Crippen LogP contribution in [0.2, 0.25) is 10.0 Å². The van der Waals surface area contributed by atoms with Gasteiger partial charge in [-0.3, -0.25) is 14.4 Å². The number of hydrogen-bond donors (Lipinski definition) is 1. The van der Waals surface area contributed by atoms with Gasteiger partial charge in [-0.15, -0.1) is 0 Å². The number of halogens is 2.